The van der Waals surface area contributed by atoms with Crippen LogP contribution >= 0.6 is 0 Å². The molecule has 52 heavy (non-hydrogen) atoms. The van der Waals surface area contributed by atoms with E-state index in [1.807, 2.05) is 33.0 Å². The molecule has 5 rings (SSSR count). The van der Waals surface area contributed by atoms with Gasteiger partial charge in [0.2, 0.25) is 0 Å². The van der Waals surface area contributed by atoms with E-state index in [1.165, 1.54) is 5.57 Å². The van der Waals surface area contributed by atoms with Gasteiger partial charge in [0, 0.05) is 55.0 Å². The van der Waals surface area contributed by atoms with Crippen LogP contribution in [-0.4, -0.2) is 115 Å². The van der Waals surface area contributed by atoms with Gasteiger partial charge in [-0.05, 0) is 71.3 Å². The van der Waals surface area contributed by atoms with Crippen LogP contribution < -0.4 is 10.2 Å². The van der Waals surface area contributed by atoms with Gasteiger partial charge in [-0.25, -0.2) is 0 Å². The van der Waals surface area contributed by atoms with Crippen molar-refractivity contribution in [3.8, 4) is 0 Å². The molecule has 9 atom stereocenters. The number of benzene rings is 1. The Balaban J connectivity index is 1.50. The molecule has 0 radical (unpaired) electrons. The van der Waals surface area contributed by atoms with E-state index in [0.717, 1.165) is 18.4 Å². The number of amides is 2. The van der Waals surface area contributed by atoms with Crippen molar-refractivity contribution in [3.63, 3.8) is 0 Å². The number of allylic oxidation sites excluding steroid dienone is 3. The lowest BCUT2D eigenvalue weighted by Gasteiger charge is -2.37. The Labute approximate surface area is 304 Å². The van der Waals surface area contributed by atoms with Gasteiger partial charge in [0.25, 0.3) is 11.8 Å². The molecule has 2 amide bonds. The van der Waals surface area contributed by atoms with Crippen molar-refractivity contribution in [2.75, 3.05) is 23.4 Å². The number of ether oxygens (including phenoxy) is 2. The maximum atomic E-state index is 14.8. The zero-order valence-corrected chi connectivity index (χ0v) is 31.6. The highest BCUT2D eigenvalue weighted by atomic mass is 28.4. The third-order valence-corrected chi connectivity index (χ3v) is 12.9. The number of hydrogen-bond acceptors (Lipinski definition) is 12. The molecule has 1 spiro atoms. The van der Waals surface area contributed by atoms with E-state index in [4.69, 9.17) is 9.47 Å². The molecule has 2 saturated heterocycles. The number of aliphatic hydroxyl groups is 5. The Kier molecular flexibility index (Phi) is 12.2. The molecule has 286 valence electrons. The molecule has 2 fully saturated rings. The predicted octanol–water partition coefficient (Wildman–Crippen LogP) is 1.48. The summed E-state index contributed by atoms with van der Waals surface area (Å²) in [4.78, 5) is 41.5. The normalized spacial score (nSPS) is 30.6. The van der Waals surface area contributed by atoms with E-state index in [-0.39, 0.29) is 30.3 Å². The van der Waals surface area contributed by atoms with Gasteiger partial charge in [-0.1, -0.05) is 35.4 Å². The number of carbonyl (C=O) groups excluding carboxylic acids is 2. The van der Waals surface area contributed by atoms with Gasteiger partial charge in [-0.2, -0.15) is 0 Å². The fourth-order valence-electron chi connectivity index (χ4n) is 7.77. The number of rotatable bonds is 13. The number of aromatic nitrogens is 3. The molecule has 15 nitrogen and oxygen atoms in total. The summed E-state index contributed by atoms with van der Waals surface area (Å²) in [5, 5.41) is 60.7. The first kappa shape index (κ1) is 39.9. The van der Waals surface area contributed by atoms with Crippen LogP contribution in [0.1, 0.15) is 58.2 Å². The van der Waals surface area contributed by atoms with Crippen LogP contribution in [0.3, 0.4) is 0 Å². The van der Waals surface area contributed by atoms with Crippen molar-refractivity contribution in [1.29, 1.82) is 0 Å². The first-order chi connectivity index (χ1) is 24.5. The van der Waals surface area contributed by atoms with Crippen LogP contribution in [-0.2, 0) is 37.6 Å². The highest BCUT2D eigenvalue weighted by Crippen LogP contribution is 2.60. The standard InChI is InChI=1S/C36H53N5O10Si/c1-20(2)8-7-9-21(3)12-16-41-26-11-10-23(37-33(46)31-29(44)28(43)30(45)34(47)50-31)18-25(26)36(35(41)48)22(4)32(52(5,6)49)27(51-36)13-15-40-19-24(14-17-42)38-39-40/h8,10-12,18-19,22,27-32,34,42-45,47,49H,7,9,13-17H2,1-6H3,(H,37,46)/b21-12+/t22-,27+,28+,29+,30-,31+,32-,34-,36+/m1/s1. The van der Waals surface area contributed by atoms with Gasteiger partial charge in [-0.15, -0.1) is 5.10 Å². The number of hydrogen-bond donors (Lipinski definition) is 7. The van der Waals surface area contributed by atoms with E-state index in [9.17, 15) is 39.9 Å². The second-order valence-electron chi connectivity index (χ2n) is 15.0. The van der Waals surface area contributed by atoms with E-state index < -0.39 is 62.6 Å². The van der Waals surface area contributed by atoms with Crippen molar-refractivity contribution in [2.24, 2.45) is 5.92 Å². The molecular weight excluding hydrogens is 691 g/mol. The number of nitrogens with zero attached hydrogens (tertiary/aromatic N) is 4. The highest BCUT2D eigenvalue weighted by Gasteiger charge is 2.66. The van der Waals surface area contributed by atoms with Gasteiger partial charge >= 0.3 is 0 Å². The fourth-order valence-corrected chi connectivity index (χ4v) is 10.4. The lowest BCUT2D eigenvalue weighted by atomic mass is 9.82. The quantitative estimate of drug-likeness (QED) is 0.115. The summed E-state index contributed by atoms with van der Waals surface area (Å²) < 4.78 is 13.7. The van der Waals surface area contributed by atoms with Crippen LogP contribution in [0, 0.1) is 5.92 Å². The smallest absolute Gasteiger partial charge is 0.264 e. The van der Waals surface area contributed by atoms with Gasteiger partial charge in [0.1, 0.15) is 18.3 Å². The maximum Gasteiger partial charge on any atom is 0.264 e. The second-order valence-corrected chi connectivity index (χ2v) is 19.0. The first-order valence-electron chi connectivity index (χ1n) is 17.8. The SMILES string of the molecule is CC(C)=CCC/C(C)=C/CN1C(=O)[C@@]2(O[C@@H](CCn3cc(CCO)nn3)[C@H]([Si](C)(C)O)[C@H]2C)c2cc(NC(=O)[C@H]3O[C@@H](O)[C@H](O)[C@@H](O)[C@@H]3O)ccc21. The van der Waals surface area contributed by atoms with Crippen LogP contribution in [0.25, 0.3) is 0 Å². The summed E-state index contributed by atoms with van der Waals surface area (Å²) in [5.74, 6) is -1.64. The molecule has 4 heterocycles. The van der Waals surface area contributed by atoms with Crippen LogP contribution in [0.5, 0.6) is 0 Å². The first-order valence-corrected chi connectivity index (χ1v) is 20.9. The average molecular weight is 744 g/mol. The van der Waals surface area contributed by atoms with Crippen molar-refractivity contribution in [3.05, 3.63) is 59.0 Å². The average Bonchev–Trinajstić information content (AvgIpc) is 3.72. The van der Waals surface area contributed by atoms with Gasteiger partial charge < -0.3 is 50.0 Å². The summed E-state index contributed by atoms with van der Waals surface area (Å²) in [6, 6.07) is 4.97. The summed E-state index contributed by atoms with van der Waals surface area (Å²) in [6.07, 6.45) is -1.11. The Hall–Kier alpha value is -3.32. The zero-order chi connectivity index (χ0) is 38.1. The van der Waals surface area contributed by atoms with E-state index in [2.05, 4.69) is 35.6 Å². The third kappa shape index (κ3) is 7.95. The number of nitrogens with one attached hydrogen (secondary N) is 1. The summed E-state index contributed by atoms with van der Waals surface area (Å²) in [7, 11) is -2.99. The number of carbonyl (C=O) groups is 2. The molecule has 3 aliphatic rings. The number of aryl methyl sites for hydroxylation is 1. The molecule has 3 aliphatic heterocycles. The Bertz CT molecular complexity index is 1670. The Morgan fingerprint density at radius 2 is 1.83 bits per heavy atom. The summed E-state index contributed by atoms with van der Waals surface area (Å²) in [5.41, 5.74) is 2.46. The van der Waals surface area contributed by atoms with Crippen molar-refractivity contribution < 1.29 is 49.4 Å². The van der Waals surface area contributed by atoms with Crippen molar-refractivity contribution >= 4 is 31.5 Å². The molecule has 1 aromatic heterocycles. The summed E-state index contributed by atoms with van der Waals surface area (Å²) in [6.45, 7) is 12.3. The van der Waals surface area contributed by atoms with E-state index in [1.54, 1.807) is 34.0 Å². The predicted molar refractivity (Wildman–Crippen MR) is 193 cm³/mol. The monoisotopic (exact) mass is 743 g/mol. The fraction of sp³-hybridized carbons (Fsp3) is 0.611. The molecule has 0 unspecified atom stereocenters. The van der Waals surface area contributed by atoms with Crippen LogP contribution in [0.4, 0.5) is 11.4 Å². The van der Waals surface area contributed by atoms with Gasteiger partial charge in [0.05, 0.1) is 17.5 Å². The van der Waals surface area contributed by atoms with E-state index in [0.29, 0.717) is 36.3 Å². The molecular formula is C36H53N5O10Si. The highest BCUT2D eigenvalue weighted by molar-refractivity contribution is 6.71. The lowest BCUT2D eigenvalue weighted by Crippen LogP contribution is -2.60. The van der Waals surface area contributed by atoms with Gasteiger partial charge in [-0.3, -0.25) is 14.3 Å². The third-order valence-electron chi connectivity index (χ3n) is 10.4. The molecule has 0 bridgehead atoms. The maximum absolute atomic E-state index is 14.8. The molecule has 16 heteroatoms. The zero-order valence-electron chi connectivity index (χ0n) is 30.6. The van der Waals surface area contributed by atoms with Gasteiger partial charge in [0.15, 0.2) is 26.3 Å². The van der Waals surface area contributed by atoms with Crippen molar-refractivity contribution in [1.82, 2.24) is 15.0 Å². The van der Waals surface area contributed by atoms with Crippen LogP contribution in [0.15, 0.2) is 47.7 Å². The molecule has 7 N–H and O–H groups in total. The summed E-state index contributed by atoms with van der Waals surface area (Å²) >= 11 is 0. The molecule has 0 aliphatic carbocycles. The Morgan fingerprint density at radius 3 is 2.50 bits per heavy atom. The number of aliphatic hydroxyl groups excluding tert-OH is 5. The van der Waals surface area contributed by atoms with Crippen molar-refractivity contribution in [2.45, 2.75) is 121 Å². The minimum Gasteiger partial charge on any atom is -0.432 e. The number of anilines is 2. The molecule has 2 aromatic rings. The topological polar surface area (TPSA) is 220 Å². The molecule has 0 saturated carbocycles. The minimum absolute atomic E-state index is 0.0528. The second kappa shape index (κ2) is 16.0. The molecule has 1 aromatic carbocycles. The van der Waals surface area contributed by atoms with Crippen LogP contribution in [0.2, 0.25) is 18.6 Å². The number of fused-ring (bicyclic) bond motifs is 2. The largest absolute Gasteiger partial charge is 0.432 e. The minimum atomic E-state index is -2.99. The lowest BCUT2D eigenvalue weighted by molar-refractivity contribution is -0.274. The van der Waals surface area contributed by atoms with E-state index >= 15 is 0 Å². The Morgan fingerprint density at radius 1 is 1.10 bits per heavy atom.